The highest BCUT2D eigenvalue weighted by Crippen LogP contribution is 2.24. The van der Waals surface area contributed by atoms with Crippen LogP contribution < -0.4 is 5.69 Å². The van der Waals surface area contributed by atoms with Crippen molar-refractivity contribution in [3.63, 3.8) is 0 Å². The Labute approximate surface area is 179 Å². The molecule has 154 valence electrons. The van der Waals surface area contributed by atoms with Gasteiger partial charge in [0.1, 0.15) is 6.33 Å². The Morgan fingerprint density at radius 2 is 1.93 bits per heavy atom. The predicted molar refractivity (Wildman–Crippen MR) is 121 cm³/mol. The molecule has 0 atom stereocenters. The van der Waals surface area contributed by atoms with Gasteiger partial charge < -0.3 is 4.90 Å². The summed E-state index contributed by atoms with van der Waals surface area (Å²) in [7, 11) is 0. The molecule has 5 rings (SSSR count). The largest absolute Gasteiger partial charge is 0.348 e. The maximum atomic E-state index is 12.5. The average molecular weight is 420 g/mol. The molecule has 1 fully saturated rings. The van der Waals surface area contributed by atoms with Crippen molar-refractivity contribution in [1.82, 2.24) is 24.0 Å². The summed E-state index contributed by atoms with van der Waals surface area (Å²) in [6.07, 6.45) is 8.63. The summed E-state index contributed by atoms with van der Waals surface area (Å²) in [5.41, 5.74) is 4.47. The van der Waals surface area contributed by atoms with Crippen LogP contribution in [0, 0.1) is 0 Å². The summed E-state index contributed by atoms with van der Waals surface area (Å²) in [5, 5.41) is 4.16. The average Bonchev–Trinajstić information content (AvgIpc) is 3.45. The Morgan fingerprint density at radius 1 is 1.03 bits per heavy atom. The lowest BCUT2D eigenvalue weighted by atomic mass is 10.1. The van der Waals surface area contributed by atoms with Crippen molar-refractivity contribution in [1.29, 1.82) is 0 Å². The Hall–Kier alpha value is -2.77. The topological polar surface area (TPSA) is 56.0 Å². The number of fused-ring (bicyclic) bond motifs is 1. The third-order valence-corrected chi connectivity index (χ3v) is 6.49. The first-order valence-electron chi connectivity index (χ1n) is 10.6. The van der Waals surface area contributed by atoms with Gasteiger partial charge in [0, 0.05) is 23.7 Å². The van der Waals surface area contributed by atoms with Crippen LogP contribution in [0.2, 0.25) is 0 Å². The maximum Gasteiger partial charge on any atom is 0.348 e. The van der Waals surface area contributed by atoms with Gasteiger partial charge in [-0.2, -0.15) is 16.3 Å². The van der Waals surface area contributed by atoms with E-state index in [-0.39, 0.29) is 5.69 Å². The first-order chi connectivity index (χ1) is 14.8. The molecule has 0 bridgehead atoms. The van der Waals surface area contributed by atoms with Gasteiger partial charge in [0.05, 0.1) is 22.4 Å². The fourth-order valence-electron chi connectivity index (χ4n) is 4.18. The van der Waals surface area contributed by atoms with Gasteiger partial charge in [0.15, 0.2) is 0 Å². The summed E-state index contributed by atoms with van der Waals surface area (Å²) in [6.45, 7) is 4.15. The van der Waals surface area contributed by atoms with E-state index in [0.717, 1.165) is 35.2 Å². The zero-order valence-electron chi connectivity index (χ0n) is 16.9. The Balaban J connectivity index is 1.31. The Morgan fingerprint density at radius 3 is 2.73 bits per heavy atom. The number of aryl methyl sites for hydroxylation is 1. The van der Waals surface area contributed by atoms with Crippen molar-refractivity contribution in [2.75, 3.05) is 19.6 Å². The fraction of sp³-hybridized carbons (Fsp3) is 0.348. The highest BCUT2D eigenvalue weighted by Gasteiger charge is 2.11. The molecule has 1 aliphatic heterocycles. The summed E-state index contributed by atoms with van der Waals surface area (Å²) in [6, 6.07) is 10.1. The van der Waals surface area contributed by atoms with Crippen LogP contribution in [0.15, 0.2) is 58.4 Å². The highest BCUT2D eigenvalue weighted by molar-refractivity contribution is 7.08. The maximum absolute atomic E-state index is 12.5. The standard InChI is InChI=1S/C23H25N5OS/c29-23-25-20(7-13-27(23)12-4-11-26-9-2-1-3-10-26)18-5-6-22-21(15-18)24-17-28(22)19-8-14-30-16-19/h5-8,13-17H,1-4,9-12H2. The molecule has 0 saturated carbocycles. The molecule has 4 aromatic rings. The van der Waals surface area contributed by atoms with Gasteiger partial charge in [0.2, 0.25) is 0 Å². The van der Waals surface area contributed by atoms with Gasteiger partial charge in [0.25, 0.3) is 0 Å². The molecule has 0 amide bonds. The van der Waals surface area contributed by atoms with Crippen LogP contribution >= 0.6 is 11.3 Å². The molecule has 0 spiro atoms. The fourth-order valence-corrected chi connectivity index (χ4v) is 4.81. The number of hydrogen-bond acceptors (Lipinski definition) is 5. The molecule has 0 radical (unpaired) electrons. The zero-order chi connectivity index (χ0) is 20.3. The SMILES string of the molecule is O=c1nc(-c2ccc3c(c2)ncn3-c2ccsc2)ccn1CCCN1CCCCC1. The first kappa shape index (κ1) is 19.2. The molecule has 1 aliphatic rings. The van der Waals surface area contributed by atoms with E-state index in [9.17, 15) is 4.79 Å². The van der Waals surface area contributed by atoms with Crippen LogP contribution in [0.25, 0.3) is 28.0 Å². The number of hydrogen-bond donors (Lipinski definition) is 0. The first-order valence-corrected chi connectivity index (χ1v) is 11.5. The minimum atomic E-state index is -0.185. The van der Waals surface area contributed by atoms with E-state index in [0.29, 0.717) is 12.2 Å². The molecule has 0 unspecified atom stereocenters. The van der Waals surface area contributed by atoms with Crippen LogP contribution in [0.5, 0.6) is 0 Å². The van der Waals surface area contributed by atoms with Gasteiger partial charge >= 0.3 is 5.69 Å². The van der Waals surface area contributed by atoms with E-state index >= 15 is 0 Å². The molecule has 1 saturated heterocycles. The number of thiophene rings is 1. The number of imidazole rings is 1. The van der Waals surface area contributed by atoms with E-state index in [4.69, 9.17) is 0 Å². The van der Waals surface area contributed by atoms with Crippen molar-refractivity contribution in [3.8, 4) is 16.9 Å². The second kappa shape index (κ2) is 8.53. The third-order valence-electron chi connectivity index (χ3n) is 5.82. The molecule has 1 aromatic carbocycles. The van der Waals surface area contributed by atoms with Gasteiger partial charge in [-0.15, -0.1) is 0 Å². The lowest BCUT2D eigenvalue weighted by Gasteiger charge is -2.26. The second-order valence-corrected chi connectivity index (χ2v) is 8.62. The molecule has 3 aromatic heterocycles. The molecule has 6 nitrogen and oxygen atoms in total. The van der Waals surface area contributed by atoms with Gasteiger partial charge in [-0.1, -0.05) is 12.5 Å². The summed E-state index contributed by atoms with van der Waals surface area (Å²) >= 11 is 1.66. The quantitative estimate of drug-likeness (QED) is 0.470. The lowest BCUT2D eigenvalue weighted by molar-refractivity contribution is 0.222. The van der Waals surface area contributed by atoms with E-state index in [1.807, 2.05) is 36.8 Å². The van der Waals surface area contributed by atoms with Crippen LogP contribution in [0.3, 0.4) is 0 Å². The molecular formula is C23H25N5OS. The molecule has 0 N–H and O–H groups in total. The van der Waals surface area contributed by atoms with Crippen LogP contribution in [0.4, 0.5) is 0 Å². The predicted octanol–water partition coefficient (Wildman–Crippen LogP) is 4.19. The zero-order valence-corrected chi connectivity index (χ0v) is 17.7. The van der Waals surface area contributed by atoms with Crippen molar-refractivity contribution in [2.45, 2.75) is 32.2 Å². The van der Waals surface area contributed by atoms with Gasteiger partial charge in [-0.3, -0.25) is 9.13 Å². The van der Waals surface area contributed by atoms with E-state index < -0.39 is 0 Å². The summed E-state index contributed by atoms with van der Waals surface area (Å²) in [5.74, 6) is 0. The van der Waals surface area contributed by atoms with Crippen molar-refractivity contribution in [2.24, 2.45) is 0 Å². The number of benzene rings is 1. The van der Waals surface area contributed by atoms with Crippen LogP contribution in [-0.4, -0.2) is 43.6 Å². The van der Waals surface area contributed by atoms with Gasteiger partial charge in [-0.25, -0.2) is 9.78 Å². The summed E-state index contributed by atoms with van der Waals surface area (Å²) < 4.78 is 3.79. The van der Waals surface area contributed by atoms with Gasteiger partial charge in [-0.05, 0) is 68.5 Å². The van der Waals surface area contributed by atoms with E-state index in [1.165, 1.54) is 32.4 Å². The number of likely N-dealkylation sites (tertiary alicyclic amines) is 1. The van der Waals surface area contributed by atoms with Crippen LogP contribution in [-0.2, 0) is 6.54 Å². The molecule has 30 heavy (non-hydrogen) atoms. The van der Waals surface area contributed by atoms with Crippen molar-refractivity contribution < 1.29 is 0 Å². The molecule has 0 aliphatic carbocycles. The second-order valence-electron chi connectivity index (χ2n) is 7.84. The number of piperidine rings is 1. The molecule has 4 heterocycles. The molecule has 7 heteroatoms. The monoisotopic (exact) mass is 419 g/mol. The number of aromatic nitrogens is 4. The van der Waals surface area contributed by atoms with Crippen molar-refractivity contribution in [3.05, 3.63) is 64.1 Å². The number of nitrogens with zero attached hydrogens (tertiary/aromatic N) is 5. The van der Waals surface area contributed by atoms with E-state index in [2.05, 4.69) is 36.3 Å². The normalized spacial score (nSPS) is 15.1. The summed E-state index contributed by atoms with van der Waals surface area (Å²) in [4.78, 5) is 23.9. The minimum Gasteiger partial charge on any atom is -0.303 e. The third kappa shape index (κ3) is 3.95. The number of rotatable bonds is 6. The lowest BCUT2D eigenvalue weighted by Crippen LogP contribution is -2.32. The minimum absolute atomic E-state index is 0.185. The Bertz CT molecular complexity index is 1190. The Kier molecular flexibility index (Phi) is 5.46. The van der Waals surface area contributed by atoms with Crippen molar-refractivity contribution >= 4 is 22.4 Å². The van der Waals surface area contributed by atoms with Crippen LogP contribution in [0.1, 0.15) is 25.7 Å². The smallest absolute Gasteiger partial charge is 0.303 e. The highest BCUT2D eigenvalue weighted by atomic mass is 32.1. The molecular weight excluding hydrogens is 394 g/mol. The van der Waals surface area contributed by atoms with E-state index in [1.54, 1.807) is 15.9 Å².